The number of amides is 2. The summed E-state index contributed by atoms with van der Waals surface area (Å²) in [6.45, 7) is 2.58. The van der Waals surface area contributed by atoms with E-state index in [9.17, 15) is 9.59 Å². The first kappa shape index (κ1) is 20.2. The van der Waals surface area contributed by atoms with Gasteiger partial charge in [-0.2, -0.15) is 0 Å². The Morgan fingerprint density at radius 1 is 1.26 bits per heavy atom. The molecule has 31 heavy (non-hydrogen) atoms. The molecule has 0 spiro atoms. The molecule has 5 rings (SSSR count). The molecule has 2 aliphatic heterocycles. The molecule has 3 atom stereocenters. The first-order valence-electron chi connectivity index (χ1n) is 11.2. The average molecular weight is 437 g/mol. The van der Waals surface area contributed by atoms with Crippen molar-refractivity contribution in [2.24, 2.45) is 0 Å². The van der Waals surface area contributed by atoms with Gasteiger partial charge in [0.05, 0.1) is 29.2 Å². The van der Waals surface area contributed by atoms with Gasteiger partial charge in [-0.1, -0.05) is 37.1 Å². The van der Waals surface area contributed by atoms with Crippen molar-refractivity contribution in [2.45, 2.75) is 63.6 Å². The third-order valence-corrected chi connectivity index (χ3v) is 7.64. The highest BCUT2D eigenvalue weighted by molar-refractivity contribution is 7.09. The molecule has 2 N–H and O–H groups in total. The lowest BCUT2D eigenvalue weighted by molar-refractivity contribution is -0.137. The molecule has 1 aromatic carbocycles. The van der Waals surface area contributed by atoms with Crippen molar-refractivity contribution in [2.75, 3.05) is 6.54 Å². The number of nitrogens with one attached hydrogen (secondary N) is 2. The minimum absolute atomic E-state index is 0.0628. The monoisotopic (exact) mass is 436 g/mol. The fraction of sp³-hybridized carbons (Fsp3) is 0.458. The molecule has 7 heteroatoms. The van der Waals surface area contributed by atoms with Crippen LogP contribution in [0.25, 0.3) is 0 Å². The van der Waals surface area contributed by atoms with Crippen molar-refractivity contribution < 1.29 is 9.59 Å². The van der Waals surface area contributed by atoms with E-state index in [2.05, 4.69) is 39.6 Å². The number of carbonyl (C=O) groups excluding carboxylic acids is 2. The Labute approximate surface area is 186 Å². The van der Waals surface area contributed by atoms with Crippen LogP contribution in [0, 0.1) is 6.92 Å². The zero-order chi connectivity index (χ0) is 21.4. The Balaban J connectivity index is 1.59. The topological polar surface area (TPSA) is 74.3 Å². The number of aryl methyl sites for hydroxylation is 2. The summed E-state index contributed by atoms with van der Waals surface area (Å²) < 4.78 is 0. The number of rotatable bonds is 4. The third kappa shape index (κ3) is 3.76. The van der Waals surface area contributed by atoms with Crippen LogP contribution < -0.4 is 10.6 Å². The van der Waals surface area contributed by atoms with Gasteiger partial charge in [-0.05, 0) is 30.9 Å². The second-order valence-corrected chi connectivity index (χ2v) is 9.64. The SMILES string of the molecule is Cc1ccccc1[C@@H]1C2=C(CNC2=O)N[C@@H]2CCCC[C@H]2N1C(=O)CCc1nccs1. The summed E-state index contributed by atoms with van der Waals surface area (Å²) in [5.74, 6) is 0.0442. The average Bonchev–Trinajstić information content (AvgIpc) is 3.39. The number of aromatic nitrogens is 1. The van der Waals surface area contributed by atoms with Crippen molar-refractivity contribution in [1.82, 2.24) is 20.5 Å². The molecular formula is C24H28N4O2S. The molecule has 0 radical (unpaired) electrons. The first-order valence-corrected chi connectivity index (χ1v) is 12.0. The summed E-state index contributed by atoms with van der Waals surface area (Å²) in [5, 5.41) is 9.60. The summed E-state index contributed by atoms with van der Waals surface area (Å²) in [7, 11) is 0. The second-order valence-electron chi connectivity index (χ2n) is 8.66. The molecule has 0 saturated heterocycles. The minimum Gasteiger partial charge on any atom is -0.382 e. The maximum Gasteiger partial charge on any atom is 0.251 e. The Kier molecular flexibility index (Phi) is 5.52. The molecule has 0 unspecified atom stereocenters. The normalized spacial score (nSPS) is 25.4. The van der Waals surface area contributed by atoms with E-state index in [0.29, 0.717) is 25.0 Å². The van der Waals surface area contributed by atoms with Crippen molar-refractivity contribution in [1.29, 1.82) is 0 Å². The quantitative estimate of drug-likeness (QED) is 0.772. The molecule has 162 valence electrons. The zero-order valence-corrected chi connectivity index (χ0v) is 18.6. The van der Waals surface area contributed by atoms with Crippen molar-refractivity contribution in [3.8, 4) is 0 Å². The van der Waals surface area contributed by atoms with Crippen LogP contribution in [0.15, 0.2) is 47.1 Å². The molecule has 6 nitrogen and oxygen atoms in total. The van der Waals surface area contributed by atoms with E-state index in [1.807, 2.05) is 17.5 Å². The van der Waals surface area contributed by atoms with Crippen molar-refractivity contribution in [3.63, 3.8) is 0 Å². The molecule has 1 aliphatic carbocycles. The van der Waals surface area contributed by atoms with Crippen LogP contribution in [-0.2, 0) is 16.0 Å². The molecule has 1 saturated carbocycles. The fourth-order valence-electron chi connectivity index (χ4n) is 5.33. The van der Waals surface area contributed by atoms with Gasteiger partial charge in [-0.3, -0.25) is 9.59 Å². The predicted octanol–water partition coefficient (Wildman–Crippen LogP) is 3.25. The van der Waals surface area contributed by atoms with E-state index in [0.717, 1.165) is 47.5 Å². The Morgan fingerprint density at radius 2 is 2.10 bits per heavy atom. The van der Waals surface area contributed by atoms with Crippen LogP contribution in [0.3, 0.4) is 0 Å². The van der Waals surface area contributed by atoms with E-state index in [-0.39, 0.29) is 29.9 Å². The van der Waals surface area contributed by atoms with E-state index in [4.69, 9.17) is 0 Å². The summed E-state index contributed by atoms with van der Waals surface area (Å²) in [6, 6.07) is 8.06. The largest absolute Gasteiger partial charge is 0.382 e. The standard InChI is InChI=1S/C24H28N4O2S/c1-15-6-2-3-7-16(15)23-22-18(14-26-24(22)30)27-17-8-4-5-9-19(17)28(23)21(29)11-10-20-25-12-13-31-20/h2-3,6-7,12-13,17,19,23,27H,4-5,8-11,14H2,1H3,(H,26,30)/t17-,19-,23-/m1/s1. The summed E-state index contributed by atoms with van der Waals surface area (Å²) >= 11 is 1.59. The van der Waals surface area contributed by atoms with Crippen molar-refractivity contribution in [3.05, 3.63) is 63.2 Å². The van der Waals surface area contributed by atoms with E-state index >= 15 is 0 Å². The van der Waals surface area contributed by atoms with Crippen LogP contribution in [-0.4, -0.2) is 40.3 Å². The number of hydrogen-bond acceptors (Lipinski definition) is 5. The first-order chi connectivity index (χ1) is 15.1. The molecule has 2 amide bonds. The Bertz CT molecular complexity index is 1020. The molecule has 1 aromatic heterocycles. The Morgan fingerprint density at radius 3 is 2.90 bits per heavy atom. The molecule has 0 bridgehead atoms. The summed E-state index contributed by atoms with van der Waals surface area (Å²) in [4.78, 5) is 33.2. The van der Waals surface area contributed by atoms with Gasteiger partial charge in [0.25, 0.3) is 5.91 Å². The zero-order valence-electron chi connectivity index (χ0n) is 17.8. The third-order valence-electron chi connectivity index (χ3n) is 6.80. The highest BCUT2D eigenvalue weighted by atomic mass is 32.1. The number of thiazole rings is 1. The Hall–Kier alpha value is -2.67. The van der Waals surface area contributed by atoms with Crippen LogP contribution in [0.4, 0.5) is 0 Å². The fourth-order valence-corrected chi connectivity index (χ4v) is 5.95. The van der Waals surface area contributed by atoms with Gasteiger partial charge in [0.2, 0.25) is 5.91 Å². The minimum atomic E-state index is -0.358. The highest BCUT2D eigenvalue weighted by Gasteiger charge is 2.46. The number of fused-ring (bicyclic) bond motifs is 1. The van der Waals surface area contributed by atoms with Gasteiger partial charge >= 0.3 is 0 Å². The van der Waals surface area contributed by atoms with E-state index < -0.39 is 0 Å². The van der Waals surface area contributed by atoms with Gasteiger partial charge < -0.3 is 15.5 Å². The van der Waals surface area contributed by atoms with Crippen molar-refractivity contribution >= 4 is 23.2 Å². The van der Waals surface area contributed by atoms with Crippen LogP contribution >= 0.6 is 11.3 Å². The van der Waals surface area contributed by atoms with Gasteiger partial charge in [-0.15, -0.1) is 11.3 Å². The maximum absolute atomic E-state index is 13.8. The second kappa shape index (κ2) is 8.46. The number of hydrogen-bond donors (Lipinski definition) is 2. The molecule has 3 heterocycles. The highest BCUT2D eigenvalue weighted by Crippen LogP contribution is 2.41. The summed E-state index contributed by atoms with van der Waals surface area (Å²) in [6.07, 6.45) is 7.07. The van der Waals surface area contributed by atoms with Gasteiger partial charge in [0.1, 0.15) is 0 Å². The van der Waals surface area contributed by atoms with E-state index in [1.165, 1.54) is 0 Å². The van der Waals surface area contributed by atoms with Gasteiger partial charge in [0.15, 0.2) is 0 Å². The lowest BCUT2D eigenvalue weighted by Crippen LogP contribution is -2.53. The van der Waals surface area contributed by atoms with Crippen LogP contribution in [0.5, 0.6) is 0 Å². The summed E-state index contributed by atoms with van der Waals surface area (Å²) in [5.41, 5.74) is 3.82. The van der Waals surface area contributed by atoms with Crippen LogP contribution in [0.2, 0.25) is 0 Å². The molecule has 2 aromatic rings. The molecule has 1 fully saturated rings. The predicted molar refractivity (Wildman–Crippen MR) is 120 cm³/mol. The number of benzene rings is 1. The van der Waals surface area contributed by atoms with Crippen LogP contribution in [0.1, 0.15) is 54.3 Å². The lowest BCUT2D eigenvalue weighted by atomic mass is 9.86. The maximum atomic E-state index is 13.8. The molecule has 3 aliphatic rings. The molecular weight excluding hydrogens is 408 g/mol. The van der Waals surface area contributed by atoms with Gasteiger partial charge in [0, 0.05) is 36.2 Å². The number of nitrogens with zero attached hydrogens (tertiary/aromatic N) is 2. The van der Waals surface area contributed by atoms with Gasteiger partial charge in [-0.25, -0.2) is 4.98 Å². The van der Waals surface area contributed by atoms with E-state index in [1.54, 1.807) is 17.5 Å². The number of carbonyl (C=O) groups is 2. The smallest absolute Gasteiger partial charge is 0.251 e. The lowest BCUT2D eigenvalue weighted by Gasteiger charge is -2.43.